The second-order valence-corrected chi connectivity index (χ2v) is 4.58. The minimum absolute atomic E-state index is 0.0732. The molecule has 4 heteroatoms. The number of ketones is 1. The zero-order chi connectivity index (χ0) is 13.7. The van der Waals surface area contributed by atoms with Gasteiger partial charge in [0.2, 0.25) is 0 Å². The van der Waals surface area contributed by atoms with Crippen molar-refractivity contribution in [3.63, 3.8) is 0 Å². The standard InChI is InChI=1S/C15H20N2O2/c1-3-7-16-10-14(18)11-5-6-15-13(8-11)17-9-12(4-2)19-15/h3,5-6,8,12,16-17H,1,4,7,9-10H2,2H3. The van der Waals surface area contributed by atoms with Gasteiger partial charge in [-0.05, 0) is 24.6 Å². The quantitative estimate of drug-likeness (QED) is 0.468. The van der Waals surface area contributed by atoms with E-state index in [1.54, 1.807) is 6.08 Å². The summed E-state index contributed by atoms with van der Waals surface area (Å²) >= 11 is 0. The molecule has 0 bridgehead atoms. The van der Waals surface area contributed by atoms with E-state index in [-0.39, 0.29) is 11.9 Å². The first-order valence-electron chi connectivity index (χ1n) is 6.64. The normalized spacial score (nSPS) is 17.0. The van der Waals surface area contributed by atoms with Crippen molar-refractivity contribution in [2.24, 2.45) is 0 Å². The van der Waals surface area contributed by atoms with E-state index in [1.165, 1.54) is 0 Å². The Balaban J connectivity index is 2.05. The Morgan fingerprint density at radius 2 is 2.47 bits per heavy atom. The van der Waals surface area contributed by atoms with Gasteiger partial charge in [0, 0.05) is 12.1 Å². The third-order valence-corrected chi connectivity index (χ3v) is 3.14. The van der Waals surface area contributed by atoms with Crippen LogP contribution in [0.15, 0.2) is 30.9 Å². The van der Waals surface area contributed by atoms with Crippen LogP contribution < -0.4 is 15.4 Å². The van der Waals surface area contributed by atoms with Crippen LogP contribution in [0.5, 0.6) is 5.75 Å². The minimum atomic E-state index is 0.0732. The van der Waals surface area contributed by atoms with Crippen molar-refractivity contribution >= 4 is 11.5 Å². The molecule has 0 fully saturated rings. The zero-order valence-corrected chi connectivity index (χ0v) is 11.2. The Hall–Kier alpha value is -1.81. The van der Waals surface area contributed by atoms with Crippen molar-refractivity contribution in [3.05, 3.63) is 36.4 Å². The molecular formula is C15H20N2O2. The number of anilines is 1. The smallest absolute Gasteiger partial charge is 0.176 e. The number of carbonyl (C=O) groups excluding carboxylic acids is 1. The number of carbonyl (C=O) groups is 1. The Morgan fingerprint density at radius 3 is 3.21 bits per heavy atom. The lowest BCUT2D eigenvalue weighted by molar-refractivity contribution is 0.0992. The van der Waals surface area contributed by atoms with Gasteiger partial charge in [-0.15, -0.1) is 6.58 Å². The Kier molecular flexibility index (Phi) is 4.58. The number of ether oxygens (including phenoxy) is 1. The van der Waals surface area contributed by atoms with Crippen LogP contribution in [0.25, 0.3) is 0 Å². The lowest BCUT2D eigenvalue weighted by Crippen LogP contribution is -2.30. The largest absolute Gasteiger partial charge is 0.486 e. The highest BCUT2D eigenvalue weighted by Crippen LogP contribution is 2.30. The molecule has 1 aliphatic rings. The maximum absolute atomic E-state index is 12.0. The topological polar surface area (TPSA) is 50.4 Å². The van der Waals surface area contributed by atoms with Crippen LogP contribution in [0.1, 0.15) is 23.7 Å². The molecule has 0 amide bonds. The van der Waals surface area contributed by atoms with Crippen molar-refractivity contribution in [2.45, 2.75) is 19.4 Å². The molecule has 0 spiro atoms. The van der Waals surface area contributed by atoms with Crippen molar-refractivity contribution in [3.8, 4) is 5.75 Å². The van der Waals surface area contributed by atoms with Gasteiger partial charge in [0.05, 0.1) is 18.8 Å². The van der Waals surface area contributed by atoms with E-state index in [0.717, 1.165) is 24.4 Å². The summed E-state index contributed by atoms with van der Waals surface area (Å²) in [5.74, 6) is 0.901. The Morgan fingerprint density at radius 1 is 1.63 bits per heavy atom. The third-order valence-electron chi connectivity index (χ3n) is 3.14. The number of nitrogens with one attached hydrogen (secondary N) is 2. The highest BCUT2D eigenvalue weighted by Gasteiger charge is 2.18. The molecule has 2 N–H and O–H groups in total. The van der Waals surface area contributed by atoms with Gasteiger partial charge in [-0.1, -0.05) is 13.0 Å². The van der Waals surface area contributed by atoms with Gasteiger partial charge in [-0.25, -0.2) is 0 Å². The van der Waals surface area contributed by atoms with Gasteiger partial charge in [0.1, 0.15) is 11.9 Å². The third kappa shape index (κ3) is 3.35. The molecular weight excluding hydrogens is 240 g/mol. The summed E-state index contributed by atoms with van der Waals surface area (Å²) < 4.78 is 5.81. The van der Waals surface area contributed by atoms with Crippen LogP contribution in [-0.2, 0) is 0 Å². The van der Waals surface area contributed by atoms with Crippen molar-refractivity contribution < 1.29 is 9.53 Å². The number of hydrogen-bond acceptors (Lipinski definition) is 4. The molecule has 1 aromatic carbocycles. The van der Waals surface area contributed by atoms with E-state index >= 15 is 0 Å². The van der Waals surface area contributed by atoms with Crippen molar-refractivity contribution in [1.82, 2.24) is 5.32 Å². The predicted octanol–water partition coefficient (Wildman–Crippen LogP) is 2.23. The second kappa shape index (κ2) is 6.38. The van der Waals surface area contributed by atoms with Crippen LogP contribution in [0.4, 0.5) is 5.69 Å². The fourth-order valence-corrected chi connectivity index (χ4v) is 2.01. The first-order chi connectivity index (χ1) is 9.24. The number of hydrogen-bond donors (Lipinski definition) is 2. The fraction of sp³-hybridized carbons (Fsp3) is 0.400. The van der Waals surface area contributed by atoms with E-state index < -0.39 is 0 Å². The predicted molar refractivity (Wildman–Crippen MR) is 77.0 cm³/mol. The SMILES string of the molecule is C=CCNCC(=O)c1ccc2c(c1)NCC(CC)O2. The summed E-state index contributed by atoms with van der Waals surface area (Å²) in [5.41, 5.74) is 1.60. The molecule has 4 nitrogen and oxygen atoms in total. The number of fused-ring (bicyclic) bond motifs is 1. The van der Waals surface area contributed by atoms with E-state index in [4.69, 9.17) is 4.74 Å². The maximum Gasteiger partial charge on any atom is 0.176 e. The molecule has 0 aromatic heterocycles. The number of benzene rings is 1. The summed E-state index contributed by atoms with van der Waals surface area (Å²) in [6.45, 7) is 7.45. The van der Waals surface area contributed by atoms with Crippen molar-refractivity contribution in [1.29, 1.82) is 0 Å². The first kappa shape index (κ1) is 13.6. The Labute approximate surface area is 113 Å². The molecule has 1 atom stereocenters. The summed E-state index contributed by atoms with van der Waals surface area (Å²) in [6.07, 6.45) is 2.92. The molecule has 1 aromatic rings. The van der Waals surface area contributed by atoms with E-state index in [0.29, 0.717) is 18.7 Å². The van der Waals surface area contributed by atoms with Gasteiger partial charge in [-0.3, -0.25) is 4.79 Å². The molecule has 19 heavy (non-hydrogen) atoms. The van der Waals surface area contributed by atoms with Crippen LogP contribution in [0, 0.1) is 0 Å². The van der Waals surface area contributed by atoms with Crippen LogP contribution in [0.3, 0.4) is 0 Å². The molecule has 2 rings (SSSR count). The lowest BCUT2D eigenvalue weighted by atomic mass is 10.1. The highest BCUT2D eigenvalue weighted by atomic mass is 16.5. The maximum atomic E-state index is 12.0. The van der Waals surface area contributed by atoms with Crippen LogP contribution in [0.2, 0.25) is 0 Å². The molecule has 1 aliphatic heterocycles. The van der Waals surface area contributed by atoms with E-state index in [2.05, 4.69) is 24.1 Å². The molecule has 0 aliphatic carbocycles. The zero-order valence-electron chi connectivity index (χ0n) is 11.2. The Bertz CT molecular complexity index is 471. The highest BCUT2D eigenvalue weighted by molar-refractivity contribution is 5.98. The number of Topliss-reactive ketones (excluding diaryl/α,β-unsaturated/α-hetero) is 1. The summed E-state index contributed by atoms with van der Waals surface area (Å²) in [7, 11) is 0. The van der Waals surface area contributed by atoms with Gasteiger partial charge in [0.25, 0.3) is 0 Å². The lowest BCUT2D eigenvalue weighted by Gasteiger charge is -2.26. The molecule has 1 unspecified atom stereocenters. The minimum Gasteiger partial charge on any atom is -0.486 e. The summed E-state index contributed by atoms with van der Waals surface area (Å²) in [5, 5.41) is 6.32. The van der Waals surface area contributed by atoms with Gasteiger partial charge in [0.15, 0.2) is 5.78 Å². The molecule has 0 radical (unpaired) electrons. The van der Waals surface area contributed by atoms with E-state index in [9.17, 15) is 4.79 Å². The number of rotatable bonds is 6. The second-order valence-electron chi connectivity index (χ2n) is 4.58. The fourth-order valence-electron chi connectivity index (χ4n) is 2.01. The monoisotopic (exact) mass is 260 g/mol. The van der Waals surface area contributed by atoms with Crippen LogP contribution >= 0.6 is 0 Å². The van der Waals surface area contributed by atoms with Gasteiger partial charge >= 0.3 is 0 Å². The van der Waals surface area contributed by atoms with Gasteiger partial charge < -0.3 is 15.4 Å². The average Bonchev–Trinajstić information content (AvgIpc) is 2.46. The summed E-state index contributed by atoms with van der Waals surface area (Å²) in [4.78, 5) is 12.0. The molecule has 102 valence electrons. The van der Waals surface area contributed by atoms with Crippen molar-refractivity contribution in [2.75, 3.05) is 25.0 Å². The average molecular weight is 260 g/mol. The molecule has 0 saturated carbocycles. The van der Waals surface area contributed by atoms with Gasteiger partial charge in [-0.2, -0.15) is 0 Å². The van der Waals surface area contributed by atoms with Crippen LogP contribution in [-0.4, -0.2) is 31.5 Å². The summed E-state index contributed by atoms with van der Waals surface area (Å²) in [6, 6.07) is 5.54. The van der Waals surface area contributed by atoms with E-state index in [1.807, 2.05) is 18.2 Å². The first-order valence-corrected chi connectivity index (χ1v) is 6.64. The molecule has 1 heterocycles. The molecule has 0 saturated heterocycles.